The van der Waals surface area contributed by atoms with Crippen molar-refractivity contribution in [2.75, 3.05) is 0 Å². The summed E-state index contributed by atoms with van der Waals surface area (Å²) in [6.45, 7) is 0. The summed E-state index contributed by atoms with van der Waals surface area (Å²) in [6, 6.07) is 23.5. The van der Waals surface area contributed by atoms with Crippen molar-refractivity contribution in [3.8, 4) is 11.4 Å². The van der Waals surface area contributed by atoms with Crippen molar-refractivity contribution in [2.45, 2.75) is 0 Å². The average Bonchev–Trinajstić information content (AvgIpc) is 3.13. The molecule has 2 aromatic heterocycles. The van der Waals surface area contributed by atoms with Crippen LogP contribution in [0.1, 0.15) is 0 Å². The van der Waals surface area contributed by atoms with Gasteiger partial charge < -0.3 is 8.98 Å². The number of aromatic nitrogens is 2. The van der Waals surface area contributed by atoms with E-state index in [-0.39, 0.29) is 20.1 Å². The van der Waals surface area contributed by atoms with E-state index in [1.165, 1.54) is 0 Å². The number of nitrogens with zero attached hydrogens (tertiary/aromatic N) is 2. The first-order valence-electron chi connectivity index (χ1n) is 7.57. The summed E-state index contributed by atoms with van der Waals surface area (Å²) in [6.07, 6.45) is 0. The van der Waals surface area contributed by atoms with Gasteiger partial charge in [0.15, 0.2) is 0 Å². The summed E-state index contributed by atoms with van der Waals surface area (Å²) in [5, 5.41) is 2.22. The molecule has 0 saturated heterocycles. The number of hydrogen-bond donors (Lipinski definition) is 0. The van der Waals surface area contributed by atoms with Gasteiger partial charge in [-0.25, -0.2) is 0 Å². The standard InChI is InChI=1S/C20H13N2O.Ir/c1-22-17-11-4-3-10-16(17)21-20(22)15-9-6-8-14-13-7-2-5-12-18(13)23-19(14)15;/h2-8,10-12H,1H3;/q-1;. The molecule has 24 heavy (non-hydrogen) atoms. The van der Waals surface area contributed by atoms with Gasteiger partial charge in [0, 0.05) is 32.5 Å². The molecule has 0 atom stereocenters. The van der Waals surface area contributed by atoms with Crippen LogP contribution in [0.3, 0.4) is 0 Å². The first-order chi connectivity index (χ1) is 11.3. The van der Waals surface area contributed by atoms with E-state index in [1.54, 1.807) is 0 Å². The normalized spacial score (nSPS) is 11.2. The van der Waals surface area contributed by atoms with Crippen molar-refractivity contribution < 1.29 is 24.5 Å². The molecule has 0 unspecified atom stereocenters. The predicted octanol–water partition coefficient (Wildman–Crippen LogP) is 4.94. The molecule has 5 aromatic rings. The molecule has 2 heterocycles. The van der Waals surface area contributed by atoms with Crippen LogP contribution in [0.4, 0.5) is 0 Å². The predicted molar refractivity (Wildman–Crippen MR) is 92.3 cm³/mol. The Morgan fingerprint density at radius 3 is 2.62 bits per heavy atom. The zero-order valence-electron chi connectivity index (χ0n) is 12.9. The van der Waals surface area contributed by atoms with Gasteiger partial charge in [-0.2, -0.15) is 0 Å². The number of hydrogen-bond acceptors (Lipinski definition) is 2. The maximum absolute atomic E-state index is 6.10. The molecule has 0 aliphatic rings. The number of para-hydroxylation sites is 3. The minimum absolute atomic E-state index is 0. The van der Waals surface area contributed by atoms with Gasteiger partial charge in [0.2, 0.25) is 0 Å². The second kappa shape index (κ2) is 5.59. The smallest absolute Gasteiger partial charge is 0.120 e. The van der Waals surface area contributed by atoms with Gasteiger partial charge in [-0.15, -0.1) is 18.2 Å². The summed E-state index contributed by atoms with van der Waals surface area (Å²) >= 11 is 0. The second-order valence-electron chi connectivity index (χ2n) is 5.68. The fourth-order valence-electron chi connectivity index (χ4n) is 3.23. The van der Waals surface area contributed by atoms with E-state index in [0.29, 0.717) is 0 Å². The van der Waals surface area contributed by atoms with Crippen molar-refractivity contribution in [1.82, 2.24) is 9.55 Å². The van der Waals surface area contributed by atoms with Crippen molar-refractivity contribution in [1.29, 1.82) is 0 Å². The van der Waals surface area contributed by atoms with Gasteiger partial charge in [-0.05, 0) is 18.2 Å². The Labute approximate surface area is 152 Å². The number of benzene rings is 3. The monoisotopic (exact) mass is 490 g/mol. The van der Waals surface area contributed by atoms with Crippen LogP contribution in [0, 0.1) is 6.07 Å². The molecule has 0 N–H and O–H groups in total. The number of imidazole rings is 1. The molecule has 5 rings (SSSR count). The van der Waals surface area contributed by atoms with Crippen LogP contribution in [-0.2, 0) is 27.2 Å². The van der Waals surface area contributed by atoms with E-state index in [4.69, 9.17) is 9.40 Å². The topological polar surface area (TPSA) is 31.0 Å². The van der Waals surface area contributed by atoms with Crippen LogP contribution in [0.5, 0.6) is 0 Å². The van der Waals surface area contributed by atoms with Gasteiger partial charge in [-0.1, -0.05) is 41.3 Å². The zero-order chi connectivity index (χ0) is 15.4. The van der Waals surface area contributed by atoms with Gasteiger partial charge in [-0.3, -0.25) is 4.98 Å². The number of furan rings is 1. The first-order valence-corrected chi connectivity index (χ1v) is 7.57. The third-order valence-electron chi connectivity index (χ3n) is 4.35. The summed E-state index contributed by atoms with van der Waals surface area (Å²) in [4.78, 5) is 4.77. The molecule has 3 nitrogen and oxygen atoms in total. The Morgan fingerprint density at radius 1 is 0.958 bits per heavy atom. The van der Waals surface area contributed by atoms with Gasteiger partial charge in [0.25, 0.3) is 0 Å². The molecule has 0 bridgehead atoms. The van der Waals surface area contributed by atoms with Gasteiger partial charge in [0.05, 0.1) is 22.4 Å². The van der Waals surface area contributed by atoms with Crippen LogP contribution < -0.4 is 0 Å². The van der Waals surface area contributed by atoms with Gasteiger partial charge in [0.1, 0.15) is 5.58 Å². The molecular weight excluding hydrogens is 476 g/mol. The van der Waals surface area contributed by atoms with Crippen molar-refractivity contribution >= 4 is 33.0 Å². The zero-order valence-corrected chi connectivity index (χ0v) is 15.3. The molecule has 3 aromatic carbocycles. The second-order valence-corrected chi connectivity index (χ2v) is 5.68. The molecule has 0 fully saturated rings. The molecule has 1 radical (unpaired) electrons. The van der Waals surface area contributed by atoms with Crippen molar-refractivity contribution in [3.05, 3.63) is 66.7 Å². The van der Waals surface area contributed by atoms with E-state index >= 15 is 0 Å². The average molecular weight is 490 g/mol. The van der Waals surface area contributed by atoms with Crippen molar-refractivity contribution in [2.24, 2.45) is 7.05 Å². The minimum Gasteiger partial charge on any atom is -0.501 e. The Kier molecular flexibility index (Phi) is 3.52. The van der Waals surface area contributed by atoms with Crippen LogP contribution >= 0.6 is 0 Å². The van der Waals surface area contributed by atoms with Crippen LogP contribution in [-0.4, -0.2) is 9.55 Å². The maximum atomic E-state index is 6.10. The Hall–Kier alpha value is -2.42. The Bertz CT molecular complexity index is 1190. The van der Waals surface area contributed by atoms with Crippen LogP contribution in [0.15, 0.2) is 65.1 Å². The van der Waals surface area contributed by atoms with E-state index in [2.05, 4.69) is 22.8 Å². The van der Waals surface area contributed by atoms with E-state index in [1.807, 2.05) is 55.6 Å². The molecule has 119 valence electrons. The summed E-state index contributed by atoms with van der Waals surface area (Å²) in [5.74, 6) is 0.871. The first kappa shape index (κ1) is 15.1. The number of rotatable bonds is 1. The van der Waals surface area contributed by atoms with E-state index < -0.39 is 0 Å². The molecule has 0 aliphatic carbocycles. The quantitative estimate of drug-likeness (QED) is 0.313. The van der Waals surface area contributed by atoms with E-state index in [0.717, 1.165) is 44.4 Å². The summed E-state index contributed by atoms with van der Waals surface area (Å²) < 4.78 is 8.20. The van der Waals surface area contributed by atoms with Crippen molar-refractivity contribution in [3.63, 3.8) is 0 Å². The molecular formula is C20H13IrN2O-. The third-order valence-corrected chi connectivity index (χ3v) is 4.35. The molecule has 0 spiro atoms. The third kappa shape index (κ3) is 2.04. The molecule has 4 heteroatoms. The van der Waals surface area contributed by atoms with E-state index in [9.17, 15) is 0 Å². The fourth-order valence-corrected chi connectivity index (χ4v) is 3.23. The molecule has 0 saturated carbocycles. The Morgan fingerprint density at radius 2 is 1.75 bits per heavy atom. The fraction of sp³-hybridized carbons (Fsp3) is 0.0500. The van der Waals surface area contributed by atoms with Crippen LogP contribution in [0.25, 0.3) is 44.4 Å². The summed E-state index contributed by atoms with van der Waals surface area (Å²) in [5.41, 5.74) is 4.71. The summed E-state index contributed by atoms with van der Waals surface area (Å²) in [7, 11) is 2.03. The molecule has 0 aliphatic heterocycles. The largest absolute Gasteiger partial charge is 0.501 e. The van der Waals surface area contributed by atoms with Gasteiger partial charge >= 0.3 is 0 Å². The minimum atomic E-state index is 0. The van der Waals surface area contributed by atoms with Crippen LogP contribution in [0.2, 0.25) is 0 Å². The number of aryl methyl sites for hydroxylation is 1. The Balaban J connectivity index is 0.00000146. The number of fused-ring (bicyclic) bond motifs is 4. The molecule has 0 amide bonds. The SMILES string of the molecule is Cn1c(-c2[c-]ccc3c2oc2ccccc23)nc2ccccc21.[Ir]. The maximum Gasteiger partial charge on any atom is 0.120 e.